The SMILES string of the molecule is [Li][C]1=C(CC(=C)C[Si](C)(C)C)C=CC1. The maximum atomic E-state index is 4.20. The third-order valence-electron chi connectivity index (χ3n) is 2.51. The summed E-state index contributed by atoms with van der Waals surface area (Å²) >= 11 is 2.23. The Balaban J connectivity index is 2.50. The van der Waals surface area contributed by atoms with Crippen molar-refractivity contribution in [2.24, 2.45) is 0 Å². The molecule has 2 heteroatoms. The van der Waals surface area contributed by atoms with Crippen molar-refractivity contribution in [3.63, 3.8) is 0 Å². The van der Waals surface area contributed by atoms with Crippen LogP contribution >= 0.6 is 0 Å². The van der Waals surface area contributed by atoms with Crippen LogP contribution in [0.3, 0.4) is 0 Å². The molecule has 0 spiro atoms. The monoisotopic (exact) mass is 198 g/mol. The van der Waals surface area contributed by atoms with Crippen molar-refractivity contribution in [1.29, 1.82) is 0 Å². The van der Waals surface area contributed by atoms with Gasteiger partial charge in [0.2, 0.25) is 0 Å². The van der Waals surface area contributed by atoms with E-state index in [4.69, 9.17) is 0 Å². The molecule has 1 aliphatic rings. The summed E-state index contributed by atoms with van der Waals surface area (Å²) in [5, 5.41) is 0. The van der Waals surface area contributed by atoms with Crippen molar-refractivity contribution in [1.82, 2.24) is 0 Å². The number of rotatable bonds is 4. The molecule has 72 valence electrons. The first-order valence-corrected chi connectivity index (χ1v) is 9.11. The van der Waals surface area contributed by atoms with Crippen LogP contribution in [-0.2, 0) is 0 Å². The second-order valence-corrected chi connectivity index (χ2v) is 11.1. The van der Waals surface area contributed by atoms with Crippen molar-refractivity contribution in [3.05, 3.63) is 34.1 Å². The van der Waals surface area contributed by atoms with Gasteiger partial charge in [-0.15, -0.1) is 0 Å². The molecule has 0 N–H and O–H groups in total. The summed E-state index contributed by atoms with van der Waals surface area (Å²) in [6, 6.07) is 1.26. The Morgan fingerprint density at radius 2 is 2.14 bits per heavy atom. The standard InChI is InChI=1S/C12H19Si.Li/c1-11(10-13(2,3)4)9-12-7-5-6-8-12;/h5,7H,1,6,9-10H2,2-4H3;. The molecule has 0 saturated heterocycles. The Morgan fingerprint density at radius 1 is 1.50 bits per heavy atom. The molecule has 0 aromatic carbocycles. The molecule has 0 aliphatic heterocycles. The molecule has 0 saturated carbocycles. The van der Waals surface area contributed by atoms with Crippen molar-refractivity contribution >= 4 is 25.8 Å². The summed E-state index contributed by atoms with van der Waals surface area (Å²) in [5.41, 5.74) is 2.93. The van der Waals surface area contributed by atoms with Crippen LogP contribution in [0, 0.1) is 0 Å². The Kier molecular flexibility index (Phi) is 4.07. The number of hydrogen-bond donors (Lipinski definition) is 0. The third kappa shape index (κ3) is 4.04. The summed E-state index contributed by atoms with van der Waals surface area (Å²) in [7, 11) is -0.960. The fourth-order valence-corrected chi connectivity index (χ4v) is 3.57. The molecule has 0 unspecified atom stereocenters. The van der Waals surface area contributed by atoms with Crippen LogP contribution in [0.2, 0.25) is 25.7 Å². The quantitative estimate of drug-likeness (QED) is 0.478. The van der Waals surface area contributed by atoms with Gasteiger partial charge in [-0.05, 0) is 0 Å². The number of allylic oxidation sites excluding steroid dienone is 5. The molecule has 1 rings (SSSR count). The Bertz CT molecular complexity index is 292. The van der Waals surface area contributed by atoms with Crippen LogP contribution in [0.5, 0.6) is 0 Å². The molecule has 0 radical (unpaired) electrons. The average Bonchev–Trinajstić information content (AvgIpc) is 2.32. The molecular weight excluding hydrogens is 179 g/mol. The van der Waals surface area contributed by atoms with Crippen LogP contribution in [0.4, 0.5) is 0 Å². The van der Waals surface area contributed by atoms with Crippen molar-refractivity contribution in [3.8, 4) is 0 Å². The first-order valence-electron chi connectivity index (χ1n) is 5.40. The molecule has 0 aromatic heterocycles. The molecule has 1 aliphatic carbocycles. The van der Waals surface area contributed by atoms with E-state index in [1.807, 2.05) is 0 Å². The predicted molar refractivity (Wildman–Crippen MR) is 68.4 cm³/mol. The van der Waals surface area contributed by atoms with Gasteiger partial charge < -0.3 is 0 Å². The zero-order valence-corrected chi connectivity index (χ0v) is 11.0. The van der Waals surface area contributed by atoms with Gasteiger partial charge in [0.05, 0.1) is 0 Å². The minimum atomic E-state index is -0.960. The van der Waals surface area contributed by atoms with Gasteiger partial charge >= 0.3 is 98.4 Å². The van der Waals surface area contributed by atoms with E-state index in [1.54, 1.807) is 0 Å². The van der Waals surface area contributed by atoms with Crippen LogP contribution in [0.25, 0.3) is 0 Å². The van der Waals surface area contributed by atoms with Crippen LogP contribution in [0.15, 0.2) is 34.1 Å². The second-order valence-electron chi connectivity index (χ2n) is 5.58. The van der Waals surface area contributed by atoms with Gasteiger partial charge in [0, 0.05) is 0 Å². The first kappa shape index (κ1) is 12.1. The molecule has 0 atom stereocenters. The summed E-state index contributed by atoms with van der Waals surface area (Å²) in [5.74, 6) is 0. The summed E-state index contributed by atoms with van der Waals surface area (Å²) in [6.07, 6.45) is 6.78. The summed E-state index contributed by atoms with van der Waals surface area (Å²) in [6.45, 7) is 11.4. The normalized spacial score (nSPS) is 16.6. The minimum absolute atomic E-state index is 0.960. The van der Waals surface area contributed by atoms with Gasteiger partial charge in [-0.3, -0.25) is 0 Å². The van der Waals surface area contributed by atoms with Crippen LogP contribution < -0.4 is 0 Å². The maximum absolute atomic E-state index is 4.20. The molecule has 0 nitrogen and oxygen atoms in total. The van der Waals surface area contributed by atoms with Crippen LogP contribution in [0.1, 0.15) is 12.8 Å². The summed E-state index contributed by atoms with van der Waals surface area (Å²) in [4.78, 5) is 0. The van der Waals surface area contributed by atoms with E-state index in [-0.39, 0.29) is 0 Å². The molecule has 0 bridgehead atoms. The Labute approximate surface area is 98.4 Å². The van der Waals surface area contributed by atoms with E-state index >= 15 is 0 Å². The van der Waals surface area contributed by atoms with Crippen molar-refractivity contribution in [2.45, 2.75) is 38.5 Å². The van der Waals surface area contributed by atoms with Crippen molar-refractivity contribution < 1.29 is 0 Å². The molecule has 0 aromatic rings. The zero-order chi connectivity index (χ0) is 10.8. The fourth-order valence-electron chi connectivity index (χ4n) is 1.94. The van der Waals surface area contributed by atoms with E-state index in [0.717, 1.165) is 12.8 Å². The number of hydrogen-bond acceptors (Lipinski definition) is 0. The van der Waals surface area contributed by atoms with E-state index < -0.39 is 8.07 Å². The van der Waals surface area contributed by atoms with Gasteiger partial charge in [0.15, 0.2) is 0 Å². The molecule has 14 heavy (non-hydrogen) atoms. The van der Waals surface area contributed by atoms with E-state index in [2.05, 4.69) is 56.1 Å². The molecule has 0 fully saturated rings. The van der Waals surface area contributed by atoms with Gasteiger partial charge in [-0.2, -0.15) is 0 Å². The van der Waals surface area contributed by atoms with Crippen LogP contribution in [-0.4, -0.2) is 25.8 Å². The first-order chi connectivity index (χ1) is 6.38. The topological polar surface area (TPSA) is 0 Å². The van der Waals surface area contributed by atoms with E-state index in [0.29, 0.717) is 0 Å². The fraction of sp³-hybridized carbons (Fsp3) is 0.500. The molecular formula is C12H19LiSi. The van der Waals surface area contributed by atoms with Gasteiger partial charge in [-0.1, -0.05) is 0 Å². The third-order valence-corrected chi connectivity index (χ3v) is 4.07. The molecule has 0 amide bonds. The van der Waals surface area contributed by atoms with Gasteiger partial charge in [0.1, 0.15) is 0 Å². The Morgan fingerprint density at radius 3 is 2.57 bits per heavy atom. The predicted octanol–water partition coefficient (Wildman–Crippen LogP) is 3.65. The molecule has 0 heterocycles. The Hall–Kier alpha value is 0.0343. The van der Waals surface area contributed by atoms with E-state index in [1.165, 1.54) is 21.4 Å². The van der Waals surface area contributed by atoms with Gasteiger partial charge in [0.25, 0.3) is 0 Å². The summed E-state index contributed by atoms with van der Waals surface area (Å²) < 4.78 is 1.53. The average molecular weight is 198 g/mol. The van der Waals surface area contributed by atoms with E-state index in [9.17, 15) is 0 Å². The second kappa shape index (κ2) is 4.70. The van der Waals surface area contributed by atoms with Gasteiger partial charge in [-0.25, -0.2) is 0 Å². The zero-order valence-electron chi connectivity index (χ0n) is 9.98. The van der Waals surface area contributed by atoms with Crippen molar-refractivity contribution in [2.75, 3.05) is 0 Å².